The van der Waals surface area contributed by atoms with Crippen molar-refractivity contribution in [3.8, 4) is 17.6 Å². The van der Waals surface area contributed by atoms with E-state index >= 15 is 4.39 Å². The number of rotatable bonds is 8. The number of carbonyl (C=O) groups is 1. The van der Waals surface area contributed by atoms with E-state index in [1.54, 1.807) is 24.3 Å². The minimum absolute atomic E-state index is 0.0219. The van der Waals surface area contributed by atoms with Crippen LogP contribution in [-0.4, -0.2) is 47.7 Å². The number of benzene rings is 2. The largest absolute Gasteiger partial charge is 0.497 e. The van der Waals surface area contributed by atoms with Gasteiger partial charge in [-0.2, -0.15) is 0 Å². The average molecular weight is 561 g/mol. The van der Waals surface area contributed by atoms with Crippen molar-refractivity contribution < 1.29 is 23.4 Å². The Labute approximate surface area is 230 Å². The summed E-state index contributed by atoms with van der Waals surface area (Å²) in [6.45, 7) is 1.79. The summed E-state index contributed by atoms with van der Waals surface area (Å²) in [5.74, 6) is 5.27. The van der Waals surface area contributed by atoms with Crippen LogP contribution in [0.5, 0.6) is 5.75 Å². The first kappa shape index (κ1) is 28.1. The summed E-state index contributed by atoms with van der Waals surface area (Å²) in [4.78, 5) is 18.2. The second-order valence-corrected chi connectivity index (χ2v) is 10.5. The molecule has 200 valence electrons. The summed E-state index contributed by atoms with van der Waals surface area (Å²) < 4.78 is 34.3. The predicted octanol–water partition coefficient (Wildman–Crippen LogP) is 7.09. The first-order chi connectivity index (χ1) is 18.2. The van der Waals surface area contributed by atoms with Crippen LogP contribution in [0.4, 0.5) is 8.78 Å². The van der Waals surface area contributed by atoms with Crippen LogP contribution in [0.3, 0.4) is 0 Å². The second-order valence-electron chi connectivity index (χ2n) is 9.69. The van der Waals surface area contributed by atoms with Gasteiger partial charge in [-0.3, -0.25) is 14.7 Å². The van der Waals surface area contributed by atoms with E-state index in [1.807, 2.05) is 0 Å². The molecule has 0 saturated carbocycles. The fourth-order valence-electron chi connectivity index (χ4n) is 5.04. The molecule has 1 aliphatic heterocycles. The SMILES string of the molecule is COc1ccc2ncc(Cl)c([C@H](F)CCC3(CC(=O)O)CCN(CC#Cc4ccc(F)c(Cl)c4)CC3)c2c1. The Morgan fingerprint density at radius 1 is 1.21 bits per heavy atom. The molecule has 5 nitrogen and oxygen atoms in total. The molecule has 1 saturated heterocycles. The number of aromatic nitrogens is 1. The van der Waals surface area contributed by atoms with Crippen LogP contribution in [0.2, 0.25) is 10.0 Å². The van der Waals surface area contributed by atoms with E-state index in [0.29, 0.717) is 66.7 Å². The van der Waals surface area contributed by atoms with Crippen LogP contribution < -0.4 is 4.74 Å². The zero-order chi connectivity index (χ0) is 27.3. The van der Waals surface area contributed by atoms with E-state index in [1.165, 1.54) is 25.4 Å². The standard InChI is InChI=1S/C29H28Cl2F2N2O3/c1-38-20-5-7-26-21(16-20)28(23(31)18-34-26)25(33)8-9-29(17-27(36)37)10-13-35(14-11-29)12-2-3-19-4-6-24(32)22(30)15-19/h4-7,15-16,18,25H,8-14,17H2,1H3,(H,36,37)/t25-/m1/s1. The lowest BCUT2D eigenvalue weighted by atomic mass is 9.71. The van der Waals surface area contributed by atoms with E-state index in [0.717, 1.165) is 0 Å². The topological polar surface area (TPSA) is 62.7 Å². The monoisotopic (exact) mass is 560 g/mol. The average Bonchev–Trinajstić information content (AvgIpc) is 2.90. The third kappa shape index (κ3) is 6.74. The molecule has 38 heavy (non-hydrogen) atoms. The summed E-state index contributed by atoms with van der Waals surface area (Å²) >= 11 is 12.2. The number of hydrogen-bond donors (Lipinski definition) is 1. The third-order valence-corrected chi connectivity index (χ3v) is 7.80. The lowest BCUT2D eigenvalue weighted by Gasteiger charge is -2.41. The number of likely N-dealkylation sites (tertiary alicyclic amines) is 1. The summed E-state index contributed by atoms with van der Waals surface area (Å²) in [5, 5.41) is 10.5. The number of carboxylic acids is 1. The van der Waals surface area contributed by atoms with Gasteiger partial charge in [-0.25, -0.2) is 8.78 Å². The Bertz CT molecular complexity index is 1380. The van der Waals surface area contributed by atoms with E-state index in [4.69, 9.17) is 27.9 Å². The third-order valence-electron chi connectivity index (χ3n) is 7.21. The Morgan fingerprint density at radius 2 is 1.97 bits per heavy atom. The molecular formula is C29H28Cl2F2N2O3. The van der Waals surface area contributed by atoms with Gasteiger partial charge in [0.2, 0.25) is 0 Å². The van der Waals surface area contributed by atoms with Gasteiger partial charge in [-0.05, 0) is 80.6 Å². The van der Waals surface area contributed by atoms with Gasteiger partial charge in [0, 0.05) is 22.7 Å². The molecular weight excluding hydrogens is 533 g/mol. The number of ether oxygens (including phenoxy) is 1. The van der Waals surface area contributed by atoms with Crippen LogP contribution in [0.15, 0.2) is 42.6 Å². The van der Waals surface area contributed by atoms with Gasteiger partial charge in [-0.15, -0.1) is 0 Å². The number of hydrogen-bond acceptors (Lipinski definition) is 4. The molecule has 4 rings (SSSR count). The van der Waals surface area contributed by atoms with Gasteiger partial charge in [0.05, 0.1) is 35.6 Å². The van der Waals surface area contributed by atoms with Crippen molar-refractivity contribution in [1.29, 1.82) is 0 Å². The number of methoxy groups -OCH3 is 1. The van der Waals surface area contributed by atoms with Gasteiger partial charge in [-0.1, -0.05) is 35.0 Å². The molecule has 0 spiro atoms. The highest BCUT2D eigenvalue weighted by atomic mass is 35.5. The number of halogens is 4. The van der Waals surface area contributed by atoms with Crippen molar-refractivity contribution in [1.82, 2.24) is 9.88 Å². The highest BCUT2D eigenvalue weighted by Gasteiger charge is 2.37. The van der Waals surface area contributed by atoms with Crippen LogP contribution in [-0.2, 0) is 4.79 Å². The molecule has 9 heteroatoms. The maximum atomic E-state index is 15.7. The first-order valence-electron chi connectivity index (χ1n) is 12.3. The highest BCUT2D eigenvalue weighted by Crippen LogP contribution is 2.44. The molecule has 0 radical (unpaired) electrons. The molecule has 3 aromatic rings. The van der Waals surface area contributed by atoms with Crippen LogP contribution in [0, 0.1) is 23.1 Å². The van der Waals surface area contributed by atoms with Gasteiger partial charge in [0.15, 0.2) is 0 Å². The number of nitrogens with zero attached hydrogens (tertiary/aromatic N) is 2. The highest BCUT2D eigenvalue weighted by molar-refractivity contribution is 6.32. The quantitative estimate of drug-likeness (QED) is 0.298. The Hall–Kier alpha value is -2.92. The normalized spacial score (nSPS) is 16.0. The Morgan fingerprint density at radius 3 is 2.66 bits per heavy atom. The summed E-state index contributed by atoms with van der Waals surface area (Å²) in [7, 11) is 1.54. The maximum Gasteiger partial charge on any atom is 0.303 e. The number of fused-ring (bicyclic) bond motifs is 1. The molecule has 0 aliphatic carbocycles. The second kappa shape index (κ2) is 12.3. The Kier molecular flexibility index (Phi) is 9.09. The van der Waals surface area contributed by atoms with Gasteiger partial charge in [0.25, 0.3) is 0 Å². The van der Waals surface area contributed by atoms with E-state index in [2.05, 4.69) is 21.7 Å². The number of piperidine rings is 1. The number of alkyl halides is 1. The molecule has 1 fully saturated rings. The number of carboxylic acid groups (broad SMARTS) is 1. The van der Waals surface area contributed by atoms with Crippen molar-refractivity contribution in [2.75, 3.05) is 26.7 Å². The molecule has 1 atom stereocenters. The number of pyridine rings is 1. The van der Waals surface area contributed by atoms with Crippen molar-refractivity contribution in [2.24, 2.45) is 5.41 Å². The lowest BCUT2D eigenvalue weighted by Crippen LogP contribution is -2.41. The van der Waals surface area contributed by atoms with Crippen LogP contribution >= 0.6 is 23.2 Å². The molecule has 1 N–H and O–H groups in total. The van der Waals surface area contributed by atoms with Crippen molar-refractivity contribution in [3.63, 3.8) is 0 Å². The fraction of sp³-hybridized carbons (Fsp3) is 0.379. The van der Waals surface area contributed by atoms with Gasteiger partial charge >= 0.3 is 5.97 Å². The maximum absolute atomic E-state index is 15.7. The first-order valence-corrected chi connectivity index (χ1v) is 13.1. The molecule has 2 aromatic carbocycles. The van der Waals surface area contributed by atoms with Crippen molar-refractivity contribution in [3.05, 3.63) is 69.6 Å². The molecule has 1 aliphatic rings. The predicted molar refractivity (Wildman–Crippen MR) is 145 cm³/mol. The molecule has 0 bridgehead atoms. The zero-order valence-electron chi connectivity index (χ0n) is 20.9. The smallest absolute Gasteiger partial charge is 0.303 e. The summed E-state index contributed by atoms with van der Waals surface area (Å²) in [6.07, 6.45) is 1.85. The van der Waals surface area contributed by atoms with Gasteiger partial charge < -0.3 is 9.84 Å². The van der Waals surface area contributed by atoms with Crippen LogP contribution in [0.25, 0.3) is 10.9 Å². The Balaban J connectivity index is 1.42. The number of aliphatic carboxylic acids is 1. The van der Waals surface area contributed by atoms with Crippen molar-refractivity contribution >= 4 is 40.1 Å². The van der Waals surface area contributed by atoms with E-state index in [9.17, 15) is 14.3 Å². The summed E-state index contributed by atoms with van der Waals surface area (Å²) in [6, 6.07) is 9.58. The van der Waals surface area contributed by atoms with E-state index < -0.39 is 23.4 Å². The fourth-order valence-corrected chi connectivity index (χ4v) is 5.49. The molecule has 1 aromatic heterocycles. The van der Waals surface area contributed by atoms with E-state index in [-0.39, 0.29) is 22.9 Å². The van der Waals surface area contributed by atoms with Gasteiger partial charge in [0.1, 0.15) is 17.7 Å². The van der Waals surface area contributed by atoms with Crippen molar-refractivity contribution in [2.45, 2.75) is 38.3 Å². The minimum Gasteiger partial charge on any atom is -0.497 e. The van der Waals surface area contributed by atoms with Crippen LogP contribution in [0.1, 0.15) is 49.4 Å². The molecule has 0 amide bonds. The lowest BCUT2D eigenvalue weighted by molar-refractivity contribution is -0.141. The molecule has 2 heterocycles. The zero-order valence-corrected chi connectivity index (χ0v) is 22.5. The summed E-state index contributed by atoms with van der Waals surface area (Å²) in [5.41, 5.74) is 1.08. The molecule has 0 unspecified atom stereocenters. The minimum atomic E-state index is -1.38.